The molecule has 5 heteroatoms. The number of Topliss-reactive ketones (excluding diaryl/α,β-unsaturated/α-hetero) is 1. The summed E-state index contributed by atoms with van der Waals surface area (Å²) in [7, 11) is 0. The number of hydrogen-bond acceptors (Lipinski definition) is 4. The van der Waals surface area contributed by atoms with E-state index in [9.17, 15) is 14.4 Å². The van der Waals surface area contributed by atoms with Gasteiger partial charge in [-0.3, -0.25) is 9.59 Å². The van der Waals surface area contributed by atoms with Crippen LogP contribution in [0.4, 0.5) is 0 Å². The highest BCUT2D eigenvalue weighted by atomic mass is 16.5. The second-order valence-corrected chi connectivity index (χ2v) is 2.51. The Labute approximate surface area is 76.4 Å². The van der Waals surface area contributed by atoms with E-state index < -0.39 is 17.8 Å². The molecule has 0 aliphatic carbocycles. The zero-order valence-corrected chi connectivity index (χ0v) is 7.92. The molecule has 5 nitrogen and oxygen atoms in total. The largest absolute Gasteiger partial charge is 0.460 e. The second kappa shape index (κ2) is 5.29. The van der Waals surface area contributed by atoms with Crippen LogP contribution in [0.3, 0.4) is 0 Å². The van der Waals surface area contributed by atoms with Gasteiger partial charge in [0, 0.05) is 6.92 Å². The van der Waals surface area contributed by atoms with Crippen LogP contribution in [0.5, 0.6) is 0 Å². The molecular formula is C8H13NO4. The van der Waals surface area contributed by atoms with Crippen molar-refractivity contribution < 1.29 is 19.1 Å². The van der Waals surface area contributed by atoms with Crippen molar-refractivity contribution in [1.29, 1.82) is 0 Å². The normalized spacial score (nSPS) is 11.6. The Morgan fingerprint density at radius 1 is 1.38 bits per heavy atom. The van der Waals surface area contributed by atoms with E-state index >= 15 is 0 Å². The molecule has 0 bridgehead atoms. The van der Waals surface area contributed by atoms with Gasteiger partial charge in [0.15, 0.2) is 0 Å². The first-order valence-electron chi connectivity index (χ1n) is 3.97. The first-order valence-corrected chi connectivity index (χ1v) is 3.97. The van der Waals surface area contributed by atoms with Crippen molar-refractivity contribution in [2.45, 2.75) is 26.8 Å². The van der Waals surface area contributed by atoms with E-state index in [1.54, 1.807) is 6.92 Å². The van der Waals surface area contributed by atoms with E-state index in [1.807, 2.05) is 0 Å². The molecule has 0 aromatic rings. The van der Waals surface area contributed by atoms with Crippen LogP contribution in [0.15, 0.2) is 0 Å². The Balaban J connectivity index is 4.09. The Kier molecular flexibility index (Phi) is 4.72. The number of esters is 1. The molecule has 0 heterocycles. The highest BCUT2D eigenvalue weighted by molar-refractivity contribution is 6.35. The lowest BCUT2D eigenvalue weighted by molar-refractivity contribution is -0.154. The summed E-state index contributed by atoms with van der Waals surface area (Å²) in [5.74, 6) is -2.01. The van der Waals surface area contributed by atoms with Crippen LogP contribution in [0, 0.1) is 0 Å². The van der Waals surface area contributed by atoms with Gasteiger partial charge in [0.05, 0.1) is 12.6 Å². The fourth-order valence-corrected chi connectivity index (χ4v) is 0.749. The molecule has 1 N–H and O–H groups in total. The van der Waals surface area contributed by atoms with Gasteiger partial charge in [-0.05, 0) is 13.8 Å². The first kappa shape index (κ1) is 11.6. The molecule has 0 aliphatic heterocycles. The Bertz CT molecular complexity index is 224. The third-order valence-electron chi connectivity index (χ3n) is 1.29. The monoisotopic (exact) mass is 187 g/mol. The van der Waals surface area contributed by atoms with Gasteiger partial charge >= 0.3 is 5.97 Å². The van der Waals surface area contributed by atoms with Crippen LogP contribution < -0.4 is 5.32 Å². The number of ether oxygens (including phenoxy) is 1. The zero-order chi connectivity index (χ0) is 10.4. The first-order chi connectivity index (χ1) is 5.99. The van der Waals surface area contributed by atoms with Crippen molar-refractivity contribution in [3.63, 3.8) is 0 Å². The zero-order valence-electron chi connectivity index (χ0n) is 7.92. The van der Waals surface area contributed by atoms with Gasteiger partial charge in [-0.2, -0.15) is 0 Å². The van der Waals surface area contributed by atoms with Crippen LogP contribution >= 0.6 is 0 Å². The summed E-state index contributed by atoms with van der Waals surface area (Å²) in [5, 5.41) is 2.29. The van der Waals surface area contributed by atoms with Gasteiger partial charge < -0.3 is 10.1 Å². The summed E-state index contributed by atoms with van der Waals surface area (Å²) >= 11 is 0. The maximum Gasteiger partial charge on any atom is 0.376 e. The molecule has 0 unspecified atom stereocenters. The Hall–Kier alpha value is -1.39. The number of amides is 1. The van der Waals surface area contributed by atoms with Crippen LogP contribution in [-0.2, 0) is 19.1 Å². The van der Waals surface area contributed by atoms with Gasteiger partial charge in [0.2, 0.25) is 5.91 Å². The average Bonchev–Trinajstić information content (AvgIpc) is 2.02. The molecule has 0 spiro atoms. The van der Waals surface area contributed by atoms with Crippen LogP contribution in [-0.4, -0.2) is 30.3 Å². The van der Waals surface area contributed by atoms with Crippen molar-refractivity contribution in [1.82, 2.24) is 5.32 Å². The average molecular weight is 187 g/mol. The van der Waals surface area contributed by atoms with E-state index in [-0.39, 0.29) is 12.5 Å². The van der Waals surface area contributed by atoms with Crippen molar-refractivity contribution in [3.8, 4) is 0 Å². The number of nitrogens with one attached hydrogen (secondary N) is 1. The summed E-state index contributed by atoms with van der Waals surface area (Å²) < 4.78 is 4.47. The lowest BCUT2D eigenvalue weighted by Crippen LogP contribution is -2.41. The Morgan fingerprint density at radius 2 is 1.92 bits per heavy atom. The number of carbonyl (C=O) groups is 3. The minimum Gasteiger partial charge on any atom is -0.460 e. The summed E-state index contributed by atoms with van der Waals surface area (Å²) in [6.07, 6.45) is 0. The summed E-state index contributed by atoms with van der Waals surface area (Å²) in [4.78, 5) is 32.4. The fraction of sp³-hybridized carbons (Fsp3) is 0.625. The van der Waals surface area contributed by atoms with Crippen LogP contribution in [0.1, 0.15) is 20.8 Å². The highest BCUT2D eigenvalue weighted by Gasteiger charge is 2.22. The number of rotatable bonds is 4. The predicted octanol–water partition coefficient (Wildman–Crippen LogP) is -0.357. The highest BCUT2D eigenvalue weighted by Crippen LogP contribution is 1.89. The molecule has 74 valence electrons. The molecular weight excluding hydrogens is 174 g/mol. The molecule has 0 saturated heterocycles. The lowest BCUT2D eigenvalue weighted by atomic mass is 10.2. The molecule has 13 heavy (non-hydrogen) atoms. The van der Waals surface area contributed by atoms with Crippen molar-refractivity contribution >= 4 is 17.7 Å². The van der Waals surface area contributed by atoms with E-state index in [1.165, 1.54) is 13.8 Å². The van der Waals surface area contributed by atoms with E-state index in [0.29, 0.717) is 0 Å². The van der Waals surface area contributed by atoms with Gasteiger partial charge in [-0.1, -0.05) is 0 Å². The molecule has 1 atom stereocenters. The molecule has 0 aromatic heterocycles. The third kappa shape index (κ3) is 4.25. The number of ketones is 1. The van der Waals surface area contributed by atoms with E-state index in [0.717, 1.165) is 0 Å². The van der Waals surface area contributed by atoms with Gasteiger partial charge in [0.25, 0.3) is 5.78 Å². The second-order valence-electron chi connectivity index (χ2n) is 2.51. The molecule has 0 saturated carbocycles. The predicted molar refractivity (Wildman–Crippen MR) is 44.9 cm³/mol. The maximum absolute atomic E-state index is 11.1. The smallest absolute Gasteiger partial charge is 0.376 e. The minimum absolute atomic E-state index is 0.150. The molecule has 1 amide bonds. The van der Waals surface area contributed by atoms with E-state index in [4.69, 9.17) is 0 Å². The number of carbonyl (C=O) groups excluding carboxylic acids is 3. The summed E-state index contributed by atoms with van der Waals surface area (Å²) in [6.45, 7) is 4.46. The van der Waals surface area contributed by atoms with Crippen molar-refractivity contribution in [2.75, 3.05) is 6.61 Å². The van der Waals surface area contributed by atoms with Gasteiger partial charge in [0.1, 0.15) is 0 Å². The molecule has 0 radical (unpaired) electrons. The SMILES string of the molecule is CCOC(=O)C(=O)[C@@H](C)NC(C)=O. The maximum atomic E-state index is 11.1. The molecule has 0 rings (SSSR count). The summed E-state index contributed by atoms with van der Waals surface area (Å²) in [6, 6.07) is -0.823. The third-order valence-corrected chi connectivity index (χ3v) is 1.29. The van der Waals surface area contributed by atoms with Crippen LogP contribution in [0.2, 0.25) is 0 Å². The summed E-state index contributed by atoms with van der Waals surface area (Å²) in [5.41, 5.74) is 0. The number of hydrogen-bond donors (Lipinski definition) is 1. The topological polar surface area (TPSA) is 72.5 Å². The van der Waals surface area contributed by atoms with Crippen molar-refractivity contribution in [2.24, 2.45) is 0 Å². The minimum atomic E-state index is -0.913. The quantitative estimate of drug-likeness (QED) is 0.482. The molecule has 0 aliphatic rings. The lowest BCUT2D eigenvalue weighted by Gasteiger charge is -2.09. The fourth-order valence-electron chi connectivity index (χ4n) is 0.749. The molecule has 0 fully saturated rings. The standard InChI is InChI=1S/C8H13NO4/c1-4-13-8(12)7(11)5(2)9-6(3)10/h5H,4H2,1-3H3,(H,9,10)/t5-/m1/s1. The van der Waals surface area contributed by atoms with Crippen LogP contribution in [0.25, 0.3) is 0 Å². The van der Waals surface area contributed by atoms with Gasteiger partial charge in [-0.15, -0.1) is 0 Å². The van der Waals surface area contributed by atoms with Gasteiger partial charge in [-0.25, -0.2) is 4.79 Å². The van der Waals surface area contributed by atoms with Crippen molar-refractivity contribution in [3.05, 3.63) is 0 Å². The molecule has 0 aromatic carbocycles. The Morgan fingerprint density at radius 3 is 2.31 bits per heavy atom. The van der Waals surface area contributed by atoms with E-state index in [2.05, 4.69) is 10.1 Å².